The molecule has 3 nitrogen and oxygen atoms in total. The third-order valence-electron chi connectivity index (χ3n) is 6.27. The number of nitro groups is 1. The van der Waals surface area contributed by atoms with Crippen molar-refractivity contribution < 1.29 is 4.92 Å². The van der Waals surface area contributed by atoms with Gasteiger partial charge in [0.05, 0.1) is 9.67 Å². The van der Waals surface area contributed by atoms with Gasteiger partial charge in [0.15, 0.2) is 0 Å². The maximum absolute atomic E-state index is 11.1. The van der Waals surface area contributed by atoms with Crippen molar-refractivity contribution in [1.29, 1.82) is 0 Å². The Labute approximate surface area is 178 Å². The number of nitrogens with zero attached hydrogens (tertiary/aromatic N) is 1. The summed E-state index contributed by atoms with van der Waals surface area (Å²) in [6.07, 6.45) is 0. The molecule has 0 aliphatic heterocycles. The van der Waals surface area contributed by atoms with Gasteiger partial charge in [0.25, 0.3) is 5.69 Å². The summed E-state index contributed by atoms with van der Waals surface area (Å²) in [4.78, 5) is 11.8. The Bertz CT molecular complexity index is 1200. The highest BCUT2D eigenvalue weighted by Crippen LogP contribution is 2.64. The maximum Gasteiger partial charge on any atom is 0.269 e. The molecule has 144 valence electrons. The minimum atomic E-state index is -0.380. The van der Waals surface area contributed by atoms with E-state index in [1.165, 1.54) is 33.4 Å². The molecule has 30 heavy (non-hydrogen) atoms. The minimum Gasteiger partial charge on any atom is -0.258 e. The van der Waals surface area contributed by atoms with Gasteiger partial charge in [-0.2, -0.15) is 0 Å². The highest BCUT2D eigenvalue weighted by Gasteiger charge is 2.52. The molecule has 0 spiro atoms. The van der Waals surface area contributed by atoms with Crippen LogP contribution in [0.3, 0.4) is 0 Å². The van der Waals surface area contributed by atoms with Crippen molar-refractivity contribution in [1.82, 2.24) is 0 Å². The van der Waals surface area contributed by atoms with Gasteiger partial charge in [-0.25, -0.2) is 0 Å². The largest absolute Gasteiger partial charge is 0.269 e. The number of benzene rings is 4. The molecule has 0 radical (unpaired) electrons. The van der Waals surface area contributed by atoms with E-state index in [4.69, 9.17) is 0 Å². The average molecular weight is 407 g/mol. The maximum atomic E-state index is 11.1. The van der Waals surface area contributed by atoms with Crippen molar-refractivity contribution in [2.45, 2.75) is 15.6 Å². The molecular formula is C26H17NO2S. The summed E-state index contributed by atoms with van der Waals surface area (Å²) in [5.41, 5.74) is 8.12. The molecule has 0 aromatic heterocycles. The first-order chi connectivity index (χ1) is 14.7. The Morgan fingerprint density at radius 3 is 1.53 bits per heavy atom. The van der Waals surface area contributed by atoms with Gasteiger partial charge in [0, 0.05) is 22.9 Å². The zero-order valence-electron chi connectivity index (χ0n) is 16.0. The SMILES string of the molecule is O=[N+]([O-])c1ccc(SC23c4ccccc4C(c4ccccc42)c2ccccc23)cc1. The van der Waals surface area contributed by atoms with E-state index in [1.807, 2.05) is 12.1 Å². The summed E-state index contributed by atoms with van der Waals surface area (Å²) >= 11 is 1.78. The van der Waals surface area contributed by atoms with E-state index < -0.39 is 0 Å². The fourth-order valence-corrected chi connectivity index (χ4v) is 6.64. The van der Waals surface area contributed by atoms with Gasteiger partial charge >= 0.3 is 0 Å². The van der Waals surface area contributed by atoms with E-state index in [0.717, 1.165) is 4.90 Å². The zero-order chi connectivity index (χ0) is 20.3. The van der Waals surface area contributed by atoms with Crippen LogP contribution in [-0.4, -0.2) is 4.92 Å². The highest BCUT2D eigenvalue weighted by atomic mass is 32.2. The van der Waals surface area contributed by atoms with E-state index in [2.05, 4.69) is 72.8 Å². The quantitative estimate of drug-likeness (QED) is 0.288. The molecule has 0 unspecified atom stereocenters. The molecule has 4 aromatic rings. The van der Waals surface area contributed by atoms with Crippen LogP contribution >= 0.6 is 11.8 Å². The first-order valence-corrected chi connectivity index (χ1v) is 10.7. The van der Waals surface area contributed by atoms with Crippen molar-refractivity contribution in [2.75, 3.05) is 0 Å². The summed E-state index contributed by atoms with van der Waals surface area (Å²) in [6.45, 7) is 0. The first kappa shape index (κ1) is 17.5. The second-order valence-electron chi connectivity index (χ2n) is 7.73. The molecule has 0 N–H and O–H groups in total. The van der Waals surface area contributed by atoms with Crippen molar-refractivity contribution in [3.63, 3.8) is 0 Å². The molecule has 2 bridgehead atoms. The van der Waals surface area contributed by atoms with Crippen LogP contribution < -0.4 is 0 Å². The Morgan fingerprint density at radius 2 is 1.10 bits per heavy atom. The van der Waals surface area contributed by atoms with Crippen LogP contribution in [-0.2, 0) is 4.75 Å². The molecule has 0 atom stereocenters. The Balaban J connectivity index is 1.65. The number of hydrogen-bond acceptors (Lipinski definition) is 3. The molecule has 0 saturated carbocycles. The molecule has 4 heteroatoms. The Kier molecular flexibility index (Phi) is 3.68. The predicted octanol–water partition coefficient (Wildman–Crippen LogP) is 6.49. The van der Waals surface area contributed by atoms with Crippen molar-refractivity contribution in [3.8, 4) is 0 Å². The second-order valence-corrected chi connectivity index (χ2v) is 9.02. The molecule has 0 fully saturated rings. The smallest absolute Gasteiger partial charge is 0.258 e. The molecule has 0 saturated heterocycles. The number of nitro benzene ring substituents is 1. The third kappa shape index (κ3) is 2.22. The van der Waals surface area contributed by atoms with Crippen LogP contribution in [0.4, 0.5) is 5.69 Å². The van der Waals surface area contributed by atoms with Gasteiger partial charge in [0.2, 0.25) is 0 Å². The first-order valence-electron chi connectivity index (χ1n) is 9.92. The second kappa shape index (κ2) is 6.31. The fraction of sp³-hybridized carbons (Fsp3) is 0.0769. The summed E-state index contributed by atoms with van der Waals surface area (Å²) in [7, 11) is 0. The van der Waals surface area contributed by atoms with Crippen LogP contribution in [0.15, 0.2) is 102 Å². The van der Waals surface area contributed by atoms with Gasteiger partial charge in [-0.15, -0.1) is 11.8 Å². The number of thioether (sulfide) groups is 1. The molecule has 0 heterocycles. The van der Waals surface area contributed by atoms with Gasteiger partial charge in [0.1, 0.15) is 0 Å². The predicted molar refractivity (Wildman–Crippen MR) is 119 cm³/mol. The number of rotatable bonds is 3. The van der Waals surface area contributed by atoms with E-state index in [-0.39, 0.29) is 21.3 Å². The highest BCUT2D eigenvalue weighted by molar-refractivity contribution is 8.00. The Hall–Kier alpha value is -3.37. The van der Waals surface area contributed by atoms with Gasteiger partial charge in [-0.3, -0.25) is 10.1 Å². The topological polar surface area (TPSA) is 43.1 Å². The van der Waals surface area contributed by atoms with Crippen LogP contribution in [0.2, 0.25) is 0 Å². The number of hydrogen-bond donors (Lipinski definition) is 0. The average Bonchev–Trinajstić information content (AvgIpc) is 2.80. The molecular weight excluding hydrogens is 390 g/mol. The standard InChI is InChI=1S/C26H17NO2S/c28-27(29)17-13-15-18(16-14-17)30-26-22-10-4-1-7-19(22)25(20-8-2-5-11-23(20)26)21-9-3-6-12-24(21)26/h1-16,25H. The normalized spacial score (nSPS) is 20.2. The minimum absolute atomic E-state index is 0.116. The lowest BCUT2D eigenvalue weighted by molar-refractivity contribution is -0.384. The van der Waals surface area contributed by atoms with Crippen LogP contribution in [0.1, 0.15) is 39.3 Å². The van der Waals surface area contributed by atoms with Gasteiger partial charge in [-0.1, -0.05) is 72.8 Å². The monoisotopic (exact) mass is 407 g/mol. The molecule has 0 amide bonds. The lowest BCUT2D eigenvalue weighted by atomic mass is 9.60. The van der Waals surface area contributed by atoms with Crippen LogP contribution in [0.25, 0.3) is 0 Å². The third-order valence-corrected chi connectivity index (χ3v) is 7.75. The number of non-ortho nitro benzene ring substituents is 1. The lowest BCUT2D eigenvalue weighted by Gasteiger charge is -2.50. The molecule has 3 aliphatic rings. The van der Waals surface area contributed by atoms with Gasteiger partial charge < -0.3 is 0 Å². The summed E-state index contributed by atoms with van der Waals surface area (Å²) < 4.78 is -0.380. The van der Waals surface area contributed by atoms with E-state index in [0.29, 0.717) is 0 Å². The fourth-order valence-electron chi connectivity index (χ4n) is 5.12. The van der Waals surface area contributed by atoms with Crippen molar-refractivity contribution in [2.24, 2.45) is 0 Å². The summed E-state index contributed by atoms with van der Waals surface area (Å²) in [5, 5.41) is 11.1. The van der Waals surface area contributed by atoms with E-state index >= 15 is 0 Å². The van der Waals surface area contributed by atoms with E-state index in [9.17, 15) is 10.1 Å². The zero-order valence-corrected chi connectivity index (χ0v) is 16.8. The van der Waals surface area contributed by atoms with Crippen LogP contribution in [0.5, 0.6) is 0 Å². The summed E-state index contributed by atoms with van der Waals surface area (Å²) in [5.74, 6) is 0.243. The van der Waals surface area contributed by atoms with Crippen LogP contribution in [0, 0.1) is 10.1 Å². The van der Waals surface area contributed by atoms with Crippen molar-refractivity contribution >= 4 is 17.4 Å². The lowest BCUT2D eigenvalue weighted by Crippen LogP contribution is -2.39. The Morgan fingerprint density at radius 1 is 0.667 bits per heavy atom. The summed E-state index contributed by atoms with van der Waals surface area (Å²) in [6, 6.07) is 33.1. The van der Waals surface area contributed by atoms with Gasteiger partial charge in [-0.05, 0) is 45.5 Å². The molecule has 7 rings (SSSR count). The molecule has 3 aliphatic carbocycles. The molecule has 4 aromatic carbocycles. The van der Waals surface area contributed by atoms with Crippen molar-refractivity contribution in [3.05, 3.63) is 141 Å². The van der Waals surface area contributed by atoms with E-state index in [1.54, 1.807) is 23.9 Å².